The Hall–Kier alpha value is -0.900. The van der Waals surface area contributed by atoms with Crippen molar-refractivity contribution < 1.29 is 9.84 Å². The van der Waals surface area contributed by atoms with E-state index in [1.54, 1.807) is 0 Å². The first kappa shape index (κ1) is 12.6. The number of morpholine rings is 1. The summed E-state index contributed by atoms with van der Waals surface area (Å²) in [7, 11) is 0. The number of hydrogen-bond donors (Lipinski definition) is 2. The maximum absolute atomic E-state index is 9.51. The van der Waals surface area contributed by atoms with E-state index >= 15 is 0 Å². The molecule has 94 valence electrons. The van der Waals surface area contributed by atoms with Crippen LogP contribution in [-0.2, 0) is 10.2 Å². The third-order valence-corrected chi connectivity index (χ3v) is 3.36. The topological polar surface area (TPSA) is 41.5 Å². The Morgan fingerprint density at radius 1 is 1.41 bits per heavy atom. The second kappa shape index (κ2) is 5.17. The van der Waals surface area contributed by atoms with Gasteiger partial charge in [0.25, 0.3) is 0 Å². The number of benzene rings is 1. The van der Waals surface area contributed by atoms with Crippen LogP contribution in [0.25, 0.3) is 0 Å². The Labute approximate surface area is 103 Å². The summed E-state index contributed by atoms with van der Waals surface area (Å²) in [6.07, 6.45) is 0.103. The highest BCUT2D eigenvalue weighted by atomic mass is 16.5. The Morgan fingerprint density at radius 2 is 2.18 bits per heavy atom. The molecule has 1 aliphatic rings. The van der Waals surface area contributed by atoms with Crippen LogP contribution in [0.4, 0.5) is 0 Å². The molecule has 0 aliphatic carbocycles. The van der Waals surface area contributed by atoms with Crippen molar-refractivity contribution in [2.75, 3.05) is 26.3 Å². The van der Waals surface area contributed by atoms with E-state index in [4.69, 9.17) is 4.74 Å². The third-order valence-electron chi connectivity index (χ3n) is 3.36. The van der Waals surface area contributed by atoms with Gasteiger partial charge in [0.15, 0.2) is 0 Å². The van der Waals surface area contributed by atoms with Crippen molar-refractivity contribution in [2.45, 2.75) is 25.4 Å². The van der Waals surface area contributed by atoms with Crippen molar-refractivity contribution in [3.63, 3.8) is 0 Å². The van der Waals surface area contributed by atoms with E-state index in [9.17, 15) is 5.11 Å². The first-order valence-electron chi connectivity index (χ1n) is 6.18. The van der Waals surface area contributed by atoms with Crippen LogP contribution in [0.5, 0.6) is 0 Å². The lowest BCUT2D eigenvalue weighted by molar-refractivity contribution is 0.0262. The van der Waals surface area contributed by atoms with Gasteiger partial charge in [0, 0.05) is 18.5 Å². The zero-order valence-corrected chi connectivity index (χ0v) is 10.6. The zero-order valence-electron chi connectivity index (χ0n) is 10.6. The first-order valence-corrected chi connectivity index (χ1v) is 6.18. The van der Waals surface area contributed by atoms with Crippen LogP contribution in [0.1, 0.15) is 31.1 Å². The molecule has 17 heavy (non-hydrogen) atoms. The molecule has 1 aromatic rings. The van der Waals surface area contributed by atoms with Gasteiger partial charge in [-0.1, -0.05) is 38.1 Å². The van der Waals surface area contributed by atoms with Gasteiger partial charge < -0.3 is 15.2 Å². The lowest BCUT2D eigenvalue weighted by Gasteiger charge is -2.31. The summed E-state index contributed by atoms with van der Waals surface area (Å²) in [6, 6.07) is 8.24. The van der Waals surface area contributed by atoms with Crippen molar-refractivity contribution >= 4 is 0 Å². The number of nitrogens with one attached hydrogen (secondary N) is 1. The van der Waals surface area contributed by atoms with E-state index in [-0.39, 0.29) is 18.1 Å². The predicted octanol–water partition coefficient (Wildman–Crippen LogP) is 1.62. The Balaban J connectivity index is 2.33. The molecule has 1 heterocycles. The fourth-order valence-electron chi connectivity index (χ4n) is 2.24. The van der Waals surface area contributed by atoms with Crippen molar-refractivity contribution in [1.29, 1.82) is 0 Å². The largest absolute Gasteiger partial charge is 0.395 e. The van der Waals surface area contributed by atoms with E-state index in [1.807, 2.05) is 12.1 Å². The summed E-state index contributed by atoms with van der Waals surface area (Å²) in [5.41, 5.74) is 2.15. The van der Waals surface area contributed by atoms with Crippen LogP contribution in [0.2, 0.25) is 0 Å². The number of rotatable bonds is 3. The Morgan fingerprint density at radius 3 is 2.82 bits per heavy atom. The van der Waals surface area contributed by atoms with Crippen LogP contribution in [0.15, 0.2) is 24.3 Å². The van der Waals surface area contributed by atoms with Gasteiger partial charge in [0.05, 0.1) is 19.3 Å². The Kier molecular flexibility index (Phi) is 3.82. The van der Waals surface area contributed by atoms with Crippen molar-refractivity contribution in [3.05, 3.63) is 35.4 Å². The molecule has 2 rings (SSSR count). The van der Waals surface area contributed by atoms with Crippen molar-refractivity contribution in [3.8, 4) is 0 Å². The highest BCUT2D eigenvalue weighted by Gasteiger charge is 2.26. The standard InChI is InChI=1S/C14H21NO2/c1-14(2,10-16)12-6-4-3-5-11(12)13-9-15-7-8-17-13/h3-6,13,15-16H,7-10H2,1-2H3. The van der Waals surface area contributed by atoms with Crippen molar-refractivity contribution in [1.82, 2.24) is 5.32 Å². The lowest BCUT2D eigenvalue weighted by atomic mass is 9.81. The van der Waals surface area contributed by atoms with E-state index in [2.05, 4.69) is 31.3 Å². The second-order valence-electron chi connectivity index (χ2n) is 5.19. The second-order valence-corrected chi connectivity index (χ2v) is 5.19. The van der Waals surface area contributed by atoms with Gasteiger partial charge in [-0.25, -0.2) is 0 Å². The van der Waals surface area contributed by atoms with Gasteiger partial charge in [-0.05, 0) is 11.1 Å². The average molecular weight is 235 g/mol. The summed E-state index contributed by atoms with van der Waals surface area (Å²) in [6.45, 7) is 6.77. The minimum absolute atomic E-state index is 0.103. The molecule has 1 fully saturated rings. The van der Waals surface area contributed by atoms with Gasteiger partial charge in [-0.3, -0.25) is 0 Å². The Bertz CT molecular complexity index is 370. The number of ether oxygens (including phenoxy) is 1. The summed E-state index contributed by atoms with van der Waals surface area (Å²) >= 11 is 0. The molecule has 1 atom stereocenters. The van der Waals surface area contributed by atoms with E-state index in [1.165, 1.54) is 11.1 Å². The molecule has 1 unspecified atom stereocenters. The SMILES string of the molecule is CC(C)(CO)c1ccccc1C1CNCCO1. The molecule has 3 heteroatoms. The van der Waals surface area contributed by atoms with Gasteiger partial charge in [-0.15, -0.1) is 0 Å². The van der Waals surface area contributed by atoms with Crippen LogP contribution in [0.3, 0.4) is 0 Å². The highest BCUT2D eigenvalue weighted by Crippen LogP contribution is 2.31. The van der Waals surface area contributed by atoms with Gasteiger partial charge >= 0.3 is 0 Å². The molecule has 3 nitrogen and oxygen atoms in total. The molecule has 1 aromatic carbocycles. The van der Waals surface area contributed by atoms with Crippen LogP contribution in [-0.4, -0.2) is 31.4 Å². The van der Waals surface area contributed by atoms with E-state index in [0.29, 0.717) is 0 Å². The third kappa shape index (κ3) is 2.68. The number of hydrogen-bond acceptors (Lipinski definition) is 3. The minimum Gasteiger partial charge on any atom is -0.395 e. The average Bonchev–Trinajstić information content (AvgIpc) is 2.40. The molecule has 0 aromatic heterocycles. The molecule has 1 aliphatic heterocycles. The molecular formula is C14H21NO2. The predicted molar refractivity (Wildman–Crippen MR) is 68.1 cm³/mol. The van der Waals surface area contributed by atoms with Crippen molar-refractivity contribution in [2.24, 2.45) is 0 Å². The van der Waals surface area contributed by atoms with Crippen LogP contribution in [0, 0.1) is 0 Å². The molecular weight excluding hydrogens is 214 g/mol. The summed E-state index contributed by atoms with van der Waals surface area (Å²) in [5, 5.41) is 12.9. The summed E-state index contributed by atoms with van der Waals surface area (Å²) in [4.78, 5) is 0. The molecule has 0 saturated carbocycles. The smallest absolute Gasteiger partial charge is 0.0952 e. The maximum Gasteiger partial charge on any atom is 0.0952 e. The first-order chi connectivity index (χ1) is 8.15. The highest BCUT2D eigenvalue weighted by molar-refractivity contribution is 5.35. The molecule has 0 amide bonds. The molecule has 0 radical (unpaired) electrons. The molecule has 0 spiro atoms. The lowest BCUT2D eigenvalue weighted by Crippen LogP contribution is -2.35. The van der Waals surface area contributed by atoms with Gasteiger partial charge in [-0.2, -0.15) is 0 Å². The summed E-state index contributed by atoms with van der Waals surface area (Å²) < 4.78 is 5.80. The molecule has 2 N–H and O–H groups in total. The molecule has 0 bridgehead atoms. The van der Waals surface area contributed by atoms with Gasteiger partial charge in [0.2, 0.25) is 0 Å². The van der Waals surface area contributed by atoms with E-state index < -0.39 is 0 Å². The normalized spacial score (nSPS) is 21.5. The number of aliphatic hydroxyl groups excluding tert-OH is 1. The number of aliphatic hydroxyl groups is 1. The monoisotopic (exact) mass is 235 g/mol. The van der Waals surface area contributed by atoms with E-state index in [0.717, 1.165) is 19.7 Å². The van der Waals surface area contributed by atoms with Crippen LogP contribution < -0.4 is 5.32 Å². The zero-order chi connectivity index (χ0) is 12.3. The molecule has 1 saturated heterocycles. The summed E-state index contributed by atoms with van der Waals surface area (Å²) in [5.74, 6) is 0. The van der Waals surface area contributed by atoms with Crippen LogP contribution >= 0.6 is 0 Å². The maximum atomic E-state index is 9.51. The van der Waals surface area contributed by atoms with Gasteiger partial charge in [0.1, 0.15) is 0 Å². The fourth-order valence-corrected chi connectivity index (χ4v) is 2.24. The minimum atomic E-state index is -0.225. The quantitative estimate of drug-likeness (QED) is 0.836. The fraction of sp³-hybridized carbons (Fsp3) is 0.571.